The van der Waals surface area contributed by atoms with Crippen molar-refractivity contribution in [1.29, 1.82) is 0 Å². The van der Waals surface area contributed by atoms with Crippen LogP contribution in [0, 0.1) is 13.8 Å². The van der Waals surface area contributed by atoms with Crippen molar-refractivity contribution in [3.05, 3.63) is 46.4 Å². The molecular weight excluding hydrogens is 312 g/mol. The number of nitrogens with zero attached hydrogens (tertiary/aromatic N) is 4. The highest BCUT2D eigenvalue weighted by Gasteiger charge is 2.33. The summed E-state index contributed by atoms with van der Waals surface area (Å²) in [6.45, 7) is 7.13. The molecule has 2 heterocycles. The number of amides is 2. The van der Waals surface area contributed by atoms with Gasteiger partial charge in [-0.2, -0.15) is 4.98 Å². The van der Waals surface area contributed by atoms with Crippen molar-refractivity contribution < 1.29 is 4.79 Å². The van der Waals surface area contributed by atoms with Gasteiger partial charge in [-0.05, 0) is 43.0 Å². The van der Waals surface area contributed by atoms with Crippen LogP contribution in [0.4, 0.5) is 16.3 Å². The van der Waals surface area contributed by atoms with E-state index in [0.717, 1.165) is 28.8 Å². The van der Waals surface area contributed by atoms with E-state index in [1.165, 1.54) is 0 Å². The highest BCUT2D eigenvalue weighted by molar-refractivity contribution is 6.28. The molecule has 0 spiro atoms. The minimum atomic E-state index is -0.0634. The quantitative estimate of drug-likeness (QED) is 0.796. The molecule has 2 amide bonds. The zero-order chi connectivity index (χ0) is 16.6. The third-order valence-electron chi connectivity index (χ3n) is 4.01. The van der Waals surface area contributed by atoms with Gasteiger partial charge in [0.25, 0.3) is 0 Å². The highest BCUT2D eigenvalue weighted by atomic mass is 35.5. The van der Waals surface area contributed by atoms with E-state index >= 15 is 0 Å². The molecular formula is C17H19ClN4O. The number of rotatable bonds is 3. The van der Waals surface area contributed by atoms with E-state index in [0.29, 0.717) is 18.9 Å². The fraction of sp³-hybridized carbons (Fsp3) is 0.353. The monoisotopic (exact) mass is 330 g/mol. The molecule has 0 N–H and O–H groups in total. The van der Waals surface area contributed by atoms with Crippen LogP contribution in [-0.2, 0) is 6.54 Å². The maximum atomic E-state index is 13.0. The Morgan fingerprint density at radius 1 is 1.26 bits per heavy atom. The van der Waals surface area contributed by atoms with Crippen LogP contribution < -0.4 is 9.80 Å². The summed E-state index contributed by atoms with van der Waals surface area (Å²) >= 11 is 5.92. The van der Waals surface area contributed by atoms with Crippen LogP contribution in [0.2, 0.25) is 5.28 Å². The van der Waals surface area contributed by atoms with Gasteiger partial charge in [0, 0.05) is 18.3 Å². The van der Waals surface area contributed by atoms with Crippen molar-refractivity contribution in [1.82, 2.24) is 9.97 Å². The van der Waals surface area contributed by atoms with Crippen LogP contribution in [-0.4, -0.2) is 22.5 Å². The SMILES string of the molecule is CCCN1C(=O)N(c2c(C)cccc2C)Cc2cnc(Cl)nc21. The lowest BCUT2D eigenvalue weighted by Crippen LogP contribution is -2.48. The predicted octanol–water partition coefficient (Wildman–Crippen LogP) is 4.10. The first kappa shape index (κ1) is 15.7. The molecule has 3 rings (SSSR count). The van der Waals surface area contributed by atoms with Gasteiger partial charge in [0.05, 0.1) is 12.2 Å². The van der Waals surface area contributed by atoms with Crippen LogP contribution in [0.5, 0.6) is 0 Å². The number of carbonyl (C=O) groups excluding carboxylic acids is 1. The Bertz CT molecular complexity index is 742. The summed E-state index contributed by atoms with van der Waals surface area (Å²) in [6.07, 6.45) is 2.55. The van der Waals surface area contributed by atoms with E-state index in [-0.39, 0.29) is 11.3 Å². The summed E-state index contributed by atoms with van der Waals surface area (Å²) in [7, 11) is 0. The molecule has 0 unspecified atom stereocenters. The molecule has 0 saturated carbocycles. The van der Waals surface area contributed by atoms with Gasteiger partial charge in [-0.1, -0.05) is 25.1 Å². The molecule has 0 bridgehead atoms. The molecule has 1 aliphatic heterocycles. The number of benzene rings is 1. The number of anilines is 2. The minimum Gasteiger partial charge on any atom is -0.289 e. The number of carbonyl (C=O) groups is 1. The fourth-order valence-electron chi connectivity index (χ4n) is 3.03. The first-order valence-corrected chi connectivity index (χ1v) is 8.07. The third kappa shape index (κ3) is 2.77. The van der Waals surface area contributed by atoms with Crippen LogP contribution in [0.3, 0.4) is 0 Å². The standard InChI is InChI=1S/C17H19ClN4O/c1-4-8-21-15-13(9-19-16(18)20-15)10-22(17(21)23)14-11(2)6-5-7-12(14)3/h5-7,9H,4,8,10H2,1-3H3. The normalized spacial score (nSPS) is 14.2. The second kappa shape index (κ2) is 6.16. The largest absolute Gasteiger partial charge is 0.330 e. The van der Waals surface area contributed by atoms with Crippen molar-refractivity contribution in [3.8, 4) is 0 Å². The van der Waals surface area contributed by atoms with E-state index < -0.39 is 0 Å². The van der Waals surface area contributed by atoms with E-state index in [2.05, 4.69) is 9.97 Å². The maximum Gasteiger partial charge on any atom is 0.330 e. The Kier molecular flexibility index (Phi) is 4.22. The predicted molar refractivity (Wildman–Crippen MR) is 92.2 cm³/mol. The fourth-order valence-corrected chi connectivity index (χ4v) is 3.16. The molecule has 2 aromatic rings. The Labute approximate surface area is 140 Å². The first-order chi connectivity index (χ1) is 11.0. The summed E-state index contributed by atoms with van der Waals surface area (Å²) in [4.78, 5) is 24.9. The van der Waals surface area contributed by atoms with Crippen LogP contribution in [0.25, 0.3) is 0 Å². The van der Waals surface area contributed by atoms with Gasteiger partial charge >= 0.3 is 6.03 Å². The minimum absolute atomic E-state index is 0.0634. The molecule has 0 radical (unpaired) electrons. The molecule has 5 nitrogen and oxygen atoms in total. The number of aryl methyl sites for hydroxylation is 2. The van der Waals surface area contributed by atoms with Gasteiger partial charge in [0.15, 0.2) is 0 Å². The number of fused-ring (bicyclic) bond motifs is 1. The average molecular weight is 331 g/mol. The molecule has 1 aliphatic rings. The summed E-state index contributed by atoms with van der Waals surface area (Å²) < 4.78 is 0. The lowest BCUT2D eigenvalue weighted by molar-refractivity contribution is 0.249. The van der Waals surface area contributed by atoms with Crippen molar-refractivity contribution in [2.45, 2.75) is 33.7 Å². The van der Waals surface area contributed by atoms with Gasteiger partial charge in [0.2, 0.25) is 5.28 Å². The topological polar surface area (TPSA) is 49.3 Å². The van der Waals surface area contributed by atoms with Crippen LogP contribution in [0.1, 0.15) is 30.0 Å². The number of halogens is 1. The van der Waals surface area contributed by atoms with E-state index in [9.17, 15) is 4.79 Å². The third-order valence-corrected chi connectivity index (χ3v) is 4.20. The number of urea groups is 1. The van der Waals surface area contributed by atoms with Crippen LogP contribution in [0.15, 0.2) is 24.4 Å². The smallest absolute Gasteiger partial charge is 0.289 e. The Morgan fingerprint density at radius 2 is 1.96 bits per heavy atom. The Morgan fingerprint density at radius 3 is 2.61 bits per heavy atom. The average Bonchev–Trinajstić information content (AvgIpc) is 2.51. The molecule has 120 valence electrons. The second-order valence-corrected chi connectivity index (χ2v) is 6.09. The molecule has 0 saturated heterocycles. The second-order valence-electron chi connectivity index (χ2n) is 5.75. The van der Waals surface area contributed by atoms with E-state index in [1.54, 1.807) is 16.0 Å². The lowest BCUT2D eigenvalue weighted by Gasteiger charge is -2.37. The van der Waals surface area contributed by atoms with Gasteiger partial charge in [-0.25, -0.2) is 9.78 Å². The number of hydrogen-bond donors (Lipinski definition) is 0. The van der Waals surface area contributed by atoms with E-state index in [1.807, 2.05) is 39.0 Å². The molecule has 23 heavy (non-hydrogen) atoms. The summed E-state index contributed by atoms with van der Waals surface area (Å²) in [5.41, 5.74) is 4.02. The van der Waals surface area contributed by atoms with Crippen molar-refractivity contribution in [2.75, 3.05) is 16.3 Å². The molecule has 1 aromatic carbocycles. The molecule has 6 heteroatoms. The van der Waals surface area contributed by atoms with Gasteiger partial charge in [-0.3, -0.25) is 9.80 Å². The van der Waals surface area contributed by atoms with Gasteiger partial charge in [0.1, 0.15) is 5.82 Å². The van der Waals surface area contributed by atoms with Crippen molar-refractivity contribution in [2.24, 2.45) is 0 Å². The molecule has 0 atom stereocenters. The number of aromatic nitrogens is 2. The summed E-state index contributed by atoms with van der Waals surface area (Å²) in [6, 6.07) is 5.98. The van der Waals surface area contributed by atoms with Crippen molar-refractivity contribution in [3.63, 3.8) is 0 Å². The number of para-hydroxylation sites is 1. The highest BCUT2D eigenvalue weighted by Crippen LogP contribution is 2.34. The van der Waals surface area contributed by atoms with Gasteiger partial charge < -0.3 is 0 Å². The zero-order valence-electron chi connectivity index (χ0n) is 13.5. The molecule has 0 aliphatic carbocycles. The lowest BCUT2D eigenvalue weighted by atomic mass is 10.1. The van der Waals surface area contributed by atoms with Crippen molar-refractivity contribution >= 4 is 29.1 Å². The molecule has 1 aromatic heterocycles. The zero-order valence-corrected chi connectivity index (χ0v) is 14.3. The first-order valence-electron chi connectivity index (χ1n) is 7.69. The Hall–Kier alpha value is -2.14. The molecule has 0 fully saturated rings. The summed E-state index contributed by atoms with van der Waals surface area (Å²) in [5, 5.41) is 0.165. The maximum absolute atomic E-state index is 13.0. The summed E-state index contributed by atoms with van der Waals surface area (Å²) in [5.74, 6) is 0.624. The van der Waals surface area contributed by atoms with E-state index in [4.69, 9.17) is 11.6 Å². The Balaban J connectivity index is 2.11. The number of hydrogen-bond acceptors (Lipinski definition) is 3. The van der Waals surface area contributed by atoms with Crippen LogP contribution >= 0.6 is 11.6 Å². The van der Waals surface area contributed by atoms with Gasteiger partial charge in [-0.15, -0.1) is 0 Å².